The molecule has 2 bridgehead atoms. The SMILES string of the molecule is COC1C=CC23c4cc5c(cc4C(O)N(CC2C)C3C1)OCO5. The summed E-state index contributed by atoms with van der Waals surface area (Å²) in [6, 6.07) is 4.31. The number of benzene rings is 1. The fourth-order valence-electron chi connectivity index (χ4n) is 5.07. The summed E-state index contributed by atoms with van der Waals surface area (Å²) in [6.45, 7) is 3.41. The summed E-state index contributed by atoms with van der Waals surface area (Å²) in [5, 5.41) is 11.0. The lowest BCUT2D eigenvalue weighted by Crippen LogP contribution is -2.52. The highest BCUT2D eigenvalue weighted by atomic mass is 16.7. The first-order valence-electron chi connectivity index (χ1n) is 8.25. The van der Waals surface area contributed by atoms with E-state index in [-0.39, 0.29) is 24.4 Å². The van der Waals surface area contributed by atoms with Crippen LogP contribution in [0.5, 0.6) is 11.5 Å². The van der Waals surface area contributed by atoms with Crippen molar-refractivity contribution in [2.45, 2.75) is 37.1 Å². The molecule has 5 heteroatoms. The summed E-state index contributed by atoms with van der Waals surface area (Å²) in [5.41, 5.74) is 2.06. The Labute approximate surface area is 135 Å². The lowest BCUT2D eigenvalue weighted by Gasteiger charge is -2.48. The van der Waals surface area contributed by atoms with Crippen LogP contribution in [0.1, 0.15) is 30.7 Å². The van der Waals surface area contributed by atoms with Gasteiger partial charge in [-0.2, -0.15) is 0 Å². The predicted molar refractivity (Wildman–Crippen MR) is 83.4 cm³/mol. The minimum absolute atomic E-state index is 0.0788. The van der Waals surface area contributed by atoms with Gasteiger partial charge < -0.3 is 19.3 Å². The maximum atomic E-state index is 11.0. The lowest BCUT2D eigenvalue weighted by molar-refractivity contribution is -0.0399. The second-order valence-corrected chi connectivity index (χ2v) is 7.08. The molecule has 0 aromatic heterocycles. The topological polar surface area (TPSA) is 51.2 Å². The molecule has 0 radical (unpaired) electrons. The molecule has 5 rings (SSSR count). The van der Waals surface area contributed by atoms with Gasteiger partial charge >= 0.3 is 0 Å². The summed E-state index contributed by atoms with van der Waals surface area (Å²) in [4.78, 5) is 2.23. The van der Waals surface area contributed by atoms with Crippen LogP contribution in [0.15, 0.2) is 24.3 Å². The average Bonchev–Trinajstić information content (AvgIpc) is 3.12. The molecule has 1 aromatic rings. The van der Waals surface area contributed by atoms with Crippen molar-refractivity contribution in [1.82, 2.24) is 4.90 Å². The van der Waals surface area contributed by atoms with Gasteiger partial charge in [0.1, 0.15) is 6.23 Å². The Kier molecular flexibility index (Phi) is 2.71. The number of aliphatic hydroxyl groups excluding tert-OH is 1. The monoisotopic (exact) mass is 315 g/mol. The summed E-state index contributed by atoms with van der Waals surface area (Å²) in [5.74, 6) is 1.96. The number of ether oxygens (including phenoxy) is 3. The van der Waals surface area contributed by atoms with E-state index >= 15 is 0 Å². The Bertz CT molecular complexity index is 703. The normalized spacial score (nSPS) is 42.5. The molecule has 122 valence electrons. The van der Waals surface area contributed by atoms with Crippen LogP contribution in [0.2, 0.25) is 0 Å². The zero-order chi connectivity index (χ0) is 15.8. The van der Waals surface area contributed by atoms with E-state index in [4.69, 9.17) is 14.2 Å². The Morgan fingerprint density at radius 3 is 2.87 bits per heavy atom. The largest absolute Gasteiger partial charge is 0.454 e. The van der Waals surface area contributed by atoms with Gasteiger partial charge in [0.25, 0.3) is 0 Å². The van der Waals surface area contributed by atoms with E-state index in [1.807, 2.05) is 6.07 Å². The number of hydrogen-bond donors (Lipinski definition) is 1. The van der Waals surface area contributed by atoms with Gasteiger partial charge in [0.2, 0.25) is 6.79 Å². The first-order chi connectivity index (χ1) is 11.1. The van der Waals surface area contributed by atoms with Crippen molar-refractivity contribution in [3.63, 3.8) is 0 Å². The Morgan fingerprint density at radius 2 is 2.09 bits per heavy atom. The van der Waals surface area contributed by atoms with Gasteiger partial charge in [0, 0.05) is 30.7 Å². The third kappa shape index (κ3) is 1.57. The van der Waals surface area contributed by atoms with Crippen LogP contribution in [0, 0.1) is 5.92 Å². The molecular weight excluding hydrogens is 294 g/mol. The quantitative estimate of drug-likeness (QED) is 0.803. The highest BCUT2D eigenvalue weighted by molar-refractivity contribution is 5.57. The van der Waals surface area contributed by atoms with Crippen LogP contribution >= 0.6 is 0 Å². The van der Waals surface area contributed by atoms with E-state index in [9.17, 15) is 5.11 Å². The molecule has 6 unspecified atom stereocenters. The number of fused-ring (bicyclic) bond motifs is 2. The van der Waals surface area contributed by atoms with Crippen LogP contribution in [-0.4, -0.2) is 42.6 Å². The highest BCUT2D eigenvalue weighted by Gasteiger charge is 2.59. The molecule has 1 fully saturated rings. The molecule has 3 heterocycles. The maximum absolute atomic E-state index is 11.0. The van der Waals surface area contributed by atoms with Crippen LogP contribution in [0.3, 0.4) is 0 Å². The molecule has 0 spiro atoms. The molecule has 23 heavy (non-hydrogen) atoms. The Hall–Kier alpha value is -1.56. The summed E-state index contributed by atoms with van der Waals surface area (Å²) in [7, 11) is 1.75. The summed E-state index contributed by atoms with van der Waals surface area (Å²) in [6.07, 6.45) is 4.92. The molecule has 1 aromatic carbocycles. The van der Waals surface area contributed by atoms with Crippen molar-refractivity contribution < 1.29 is 19.3 Å². The smallest absolute Gasteiger partial charge is 0.231 e. The molecule has 0 saturated carbocycles. The zero-order valence-corrected chi connectivity index (χ0v) is 13.4. The van der Waals surface area contributed by atoms with E-state index in [2.05, 4.69) is 30.0 Å². The predicted octanol–water partition coefficient (Wildman–Crippen LogP) is 1.95. The van der Waals surface area contributed by atoms with Crippen LogP contribution < -0.4 is 9.47 Å². The van der Waals surface area contributed by atoms with Gasteiger partial charge in [-0.25, -0.2) is 0 Å². The number of rotatable bonds is 1. The second-order valence-electron chi connectivity index (χ2n) is 7.08. The maximum Gasteiger partial charge on any atom is 0.231 e. The molecule has 3 aliphatic heterocycles. The average molecular weight is 315 g/mol. The molecule has 0 amide bonds. The van der Waals surface area contributed by atoms with E-state index in [1.165, 1.54) is 5.56 Å². The van der Waals surface area contributed by atoms with Crippen molar-refractivity contribution >= 4 is 0 Å². The minimum Gasteiger partial charge on any atom is -0.454 e. The molecular formula is C18H21NO4. The highest BCUT2D eigenvalue weighted by Crippen LogP contribution is 2.58. The van der Waals surface area contributed by atoms with Crippen molar-refractivity contribution in [3.8, 4) is 11.5 Å². The fraction of sp³-hybridized carbons (Fsp3) is 0.556. The summed E-state index contributed by atoms with van der Waals surface area (Å²) < 4.78 is 16.7. The van der Waals surface area contributed by atoms with Crippen molar-refractivity contribution in [2.24, 2.45) is 5.92 Å². The Morgan fingerprint density at radius 1 is 1.30 bits per heavy atom. The lowest BCUT2D eigenvalue weighted by atomic mass is 9.62. The van der Waals surface area contributed by atoms with Crippen molar-refractivity contribution in [2.75, 3.05) is 20.4 Å². The van der Waals surface area contributed by atoms with Crippen LogP contribution in [-0.2, 0) is 10.2 Å². The first kappa shape index (κ1) is 13.8. The van der Waals surface area contributed by atoms with Gasteiger partial charge in [-0.05, 0) is 30.0 Å². The molecule has 1 N–H and O–H groups in total. The van der Waals surface area contributed by atoms with Gasteiger partial charge in [-0.15, -0.1) is 0 Å². The van der Waals surface area contributed by atoms with Gasteiger partial charge in [0.15, 0.2) is 11.5 Å². The standard InChI is InChI=1S/C18H21NO4/c1-10-8-19-16-5-11(21-2)3-4-18(10,16)13-7-15-14(22-9-23-15)6-12(13)17(19)20/h3-4,6-7,10-11,16-17,20H,5,8-9H2,1-2H3. The van der Waals surface area contributed by atoms with Crippen molar-refractivity contribution in [3.05, 3.63) is 35.4 Å². The van der Waals surface area contributed by atoms with E-state index < -0.39 is 6.23 Å². The van der Waals surface area contributed by atoms with E-state index in [0.29, 0.717) is 5.92 Å². The molecule has 6 atom stereocenters. The third-order valence-corrected chi connectivity index (χ3v) is 6.20. The van der Waals surface area contributed by atoms with E-state index in [0.717, 1.165) is 30.0 Å². The Balaban J connectivity index is 1.75. The van der Waals surface area contributed by atoms with Crippen molar-refractivity contribution in [1.29, 1.82) is 0 Å². The molecule has 1 aliphatic carbocycles. The van der Waals surface area contributed by atoms with Gasteiger partial charge in [0.05, 0.1) is 6.10 Å². The molecule has 5 nitrogen and oxygen atoms in total. The first-order valence-corrected chi connectivity index (χ1v) is 8.25. The van der Waals surface area contributed by atoms with Gasteiger partial charge in [-0.1, -0.05) is 19.1 Å². The van der Waals surface area contributed by atoms with Crippen LogP contribution in [0.25, 0.3) is 0 Å². The van der Waals surface area contributed by atoms with Gasteiger partial charge in [-0.3, -0.25) is 4.90 Å². The number of hydrogen-bond acceptors (Lipinski definition) is 5. The zero-order valence-electron chi connectivity index (χ0n) is 13.4. The fourth-order valence-corrected chi connectivity index (χ4v) is 5.07. The third-order valence-electron chi connectivity index (χ3n) is 6.20. The second kappa shape index (κ2) is 4.50. The summed E-state index contributed by atoms with van der Waals surface area (Å²) >= 11 is 0. The minimum atomic E-state index is -0.591. The molecule has 4 aliphatic rings. The molecule has 1 saturated heterocycles. The number of aliphatic hydroxyl groups is 1. The number of nitrogens with zero attached hydrogens (tertiary/aromatic N) is 1. The van der Waals surface area contributed by atoms with E-state index in [1.54, 1.807) is 7.11 Å². The van der Waals surface area contributed by atoms with Crippen LogP contribution in [0.4, 0.5) is 0 Å². The number of methoxy groups -OCH3 is 1.